The summed E-state index contributed by atoms with van der Waals surface area (Å²) in [6, 6.07) is 10.1. The third-order valence-corrected chi connectivity index (χ3v) is 2.77. The average molecular weight is 303 g/mol. The van der Waals surface area contributed by atoms with E-state index < -0.39 is 11.8 Å². The predicted molar refractivity (Wildman–Crippen MR) is 78.7 cm³/mol. The van der Waals surface area contributed by atoms with Gasteiger partial charge in [-0.2, -0.15) is 0 Å². The standard InChI is InChI=1S/C16H14FNO4/c1-10(19)18-12-4-6-13(7-5-12)22-16(20)11-3-8-15(21-2)14(17)9-11/h3-9H,1-2H3,(H,18,19). The van der Waals surface area contributed by atoms with E-state index in [4.69, 9.17) is 9.47 Å². The summed E-state index contributed by atoms with van der Waals surface area (Å²) in [4.78, 5) is 22.8. The largest absolute Gasteiger partial charge is 0.494 e. The summed E-state index contributed by atoms with van der Waals surface area (Å²) in [5.41, 5.74) is 0.659. The lowest BCUT2D eigenvalue weighted by molar-refractivity contribution is -0.114. The van der Waals surface area contributed by atoms with Crippen LogP contribution < -0.4 is 14.8 Å². The van der Waals surface area contributed by atoms with E-state index in [-0.39, 0.29) is 23.0 Å². The molecule has 0 bridgehead atoms. The molecule has 2 aromatic carbocycles. The maximum absolute atomic E-state index is 13.6. The number of rotatable bonds is 4. The molecule has 0 atom stereocenters. The maximum Gasteiger partial charge on any atom is 0.343 e. The van der Waals surface area contributed by atoms with Gasteiger partial charge in [0.05, 0.1) is 12.7 Å². The Hall–Kier alpha value is -2.89. The summed E-state index contributed by atoms with van der Waals surface area (Å²) < 4.78 is 23.5. The van der Waals surface area contributed by atoms with Crippen molar-refractivity contribution in [1.82, 2.24) is 0 Å². The molecule has 114 valence electrons. The molecule has 0 aliphatic rings. The van der Waals surface area contributed by atoms with E-state index in [1.807, 2.05) is 0 Å². The molecule has 1 amide bonds. The summed E-state index contributed by atoms with van der Waals surface area (Å²) >= 11 is 0. The monoisotopic (exact) mass is 303 g/mol. The second kappa shape index (κ2) is 6.71. The zero-order valence-corrected chi connectivity index (χ0v) is 12.1. The van der Waals surface area contributed by atoms with Crippen LogP contribution in [0, 0.1) is 5.82 Å². The van der Waals surface area contributed by atoms with Crippen molar-refractivity contribution in [2.24, 2.45) is 0 Å². The Morgan fingerprint density at radius 1 is 1.09 bits per heavy atom. The maximum atomic E-state index is 13.6. The van der Waals surface area contributed by atoms with Gasteiger partial charge >= 0.3 is 5.97 Å². The molecule has 0 aromatic heterocycles. The fourth-order valence-electron chi connectivity index (χ4n) is 1.77. The highest BCUT2D eigenvalue weighted by atomic mass is 19.1. The van der Waals surface area contributed by atoms with Gasteiger partial charge in [0.25, 0.3) is 0 Å². The highest BCUT2D eigenvalue weighted by Crippen LogP contribution is 2.20. The summed E-state index contributed by atoms with van der Waals surface area (Å²) in [5.74, 6) is -1.18. The SMILES string of the molecule is COc1ccc(C(=O)Oc2ccc(NC(C)=O)cc2)cc1F. The first-order valence-corrected chi connectivity index (χ1v) is 6.43. The Labute approximate surface area is 126 Å². The molecule has 0 fully saturated rings. The van der Waals surface area contributed by atoms with Crippen molar-refractivity contribution in [3.8, 4) is 11.5 Å². The van der Waals surface area contributed by atoms with Crippen molar-refractivity contribution in [2.45, 2.75) is 6.92 Å². The molecule has 2 aromatic rings. The number of methoxy groups -OCH3 is 1. The van der Waals surface area contributed by atoms with Gasteiger partial charge in [0.1, 0.15) is 5.75 Å². The van der Waals surface area contributed by atoms with E-state index in [1.165, 1.54) is 38.3 Å². The fraction of sp³-hybridized carbons (Fsp3) is 0.125. The second-order valence-corrected chi connectivity index (χ2v) is 4.44. The van der Waals surface area contributed by atoms with Crippen LogP contribution in [-0.4, -0.2) is 19.0 Å². The number of carbonyl (C=O) groups excluding carboxylic acids is 2. The van der Waals surface area contributed by atoms with Crippen molar-refractivity contribution in [3.63, 3.8) is 0 Å². The summed E-state index contributed by atoms with van der Waals surface area (Å²) in [5, 5.41) is 2.59. The van der Waals surface area contributed by atoms with E-state index in [0.717, 1.165) is 6.07 Å². The van der Waals surface area contributed by atoms with E-state index in [0.29, 0.717) is 5.69 Å². The number of hydrogen-bond donors (Lipinski definition) is 1. The molecule has 0 aliphatic heterocycles. The molecule has 0 saturated heterocycles. The molecule has 0 radical (unpaired) electrons. The van der Waals surface area contributed by atoms with Crippen LogP contribution in [0.4, 0.5) is 10.1 Å². The number of hydrogen-bond acceptors (Lipinski definition) is 4. The molecule has 0 saturated carbocycles. The second-order valence-electron chi connectivity index (χ2n) is 4.44. The number of amides is 1. The molecule has 0 unspecified atom stereocenters. The van der Waals surface area contributed by atoms with Crippen molar-refractivity contribution in [2.75, 3.05) is 12.4 Å². The molecule has 0 spiro atoms. The van der Waals surface area contributed by atoms with Crippen LogP contribution >= 0.6 is 0 Å². The van der Waals surface area contributed by atoms with Crippen LogP contribution in [0.3, 0.4) is 0 Å². The van der Waals surface area contributed by atoms with Crippen molar-refractivity contribution in [1.29, 1.82) is 0 Å². The molecule has 5 nitrogen and oxygen atoms in total. The van der Waals surface area contributed by atoms with Crippen LogP contribution in [0.25, 0.3) is 0 Å². The van der Waals surface area contributed by atoms with E-state index in [9.17, 15) is 14.0 Å². The summed E-state index contributed by atoms with van der Waals surface area (Å²) in [6.45, 7) is 1.40. The number of halogens is 1. The van der Waals surface area contributed by atoms with E-state index >= 15 is 0 Å². The van der Waals surface area contributed by atoms with Gasteiger partial charge in [-0.3, -0.25) is 4.79 Å². The zero-order valence-electron chi connectivity index (χ0n) is 12.1. The summed E-state index contributed by atoms with van der Waals surface area (Å²) in [6.07, 6.45) is 0. The summed E-state index contributed by atoms with van der Waals surface area (Å²) in [7, 11) is 1.34. The molecule has 0 aliphatic carbocycles. The molecule has 0 heterocycles. The topological polar surface area (TPSA) is 64.6 Å². The van der Waals surface area contributed by atoms with E-state index in [2.05, 4.69) is 5.32 Å². The van der Waals surface area contributed by atoms with Crippen LogP contribution in [0.1, 0.15) is 17.3 Å². The number of nitrogens with one attached hydrogen (secondary N) is 1. The molecular formula is C16H14FNO4. The smallest absolute Gasteiger partial charge is 0.343 e. The van der Waals surface area contributed by atoms with Gasteiger partial charge in [-0.15, -0.1) is 0 Å². The minimum absolute atomic E-state index is 0.0520. The minimum Gasteiger partial charge on any atom is -0.494 e. The highest BCUT2D eigenvalue weighted by molar-refractivity contribution is 5.91. The van der Waals surface area contributed by atoms with Crippen LogP contribution in [0.5, 0.6) is 11.5 Å². The number of carbonyl (C=O) groups is 2. The Balaban J connectivity index is 2.08. The first-order chi connectivity index (χ1) is 10.5. The van der Waals surface area contributed by atoms with Gasteiger partial charge < -0.3 is 14.8 Å². The van der Waals surface area contributed by atoms with Crippen molar-refractivity contribution < 1.29 is 23.5 Å². The molecule has 6 heteroatoms. The van der Waals surface area contributed by atoms with Crippen LogP contribution in [0.2, 0.25) is 0 Å². The molecule has 22 heavy (non-hydrogen) atoms. The third kappa shape index (κ3) is 3.82. The number of esters is 1. The molecule has 2 rings (SSSR count). The van der Waals surface area contributed by atoms with Gasteiger partial charge in [0.15, 0.2) is 11.6 Å². The van der Waals surface area contributed by atoms with Gasteiger partial charge in [0, 0.05) is 12.6 Å². The average Bonchev–Trinajstić information content (AvgIpc) is 2.48. The fourth-order valence-corrected chi connectivity index (χ4v) is 1.77. The van der Waals surface area contributed by atoms with Crippen molar-refractivity contribution >= 4 is 17.6 Å². The lowest BCUT2D eigenvalue weighted by Crippen LogP contribution is -2.09. The Kier molecular flexibility index (Phi) is 4.73. The quantitative estimate of drug-likeness (QED) is 0.696. The Morgan fingerprint density at radius 2 is 1.77 bits per heavy atom. The predicted octanol–water partition coefficient (Wildman–Crippen LogP) is 3.01. The van der Waals surface area contributed by atoms with Gasteiger partial charge in [-0.1, -0.05) is 0 Å². The zero-order chi connectivity index (χ0) is 16.1. The third-order valence-electron chi connectivity index (χ3n) is 2.77. The Bertz CT molecular complexity index is 698. The van der Waals surface area contributed by atoms with Gasteiger partial charge in [-0.25, -0.2) is 9.18 Å². The Morgan fingerprint density at radius 3 is 2.32 bits per heavy atom. The van der Waals surface area contributed by atoms with Crippen LogP contribution in [-0.2, 0) is 4.79 Å². The highest BCUT2D eigenvalue weighted by Gasteiger charge is 2.12. The number of ether oxygens (including phenoxy) is 2. The van der Waals surface area contributed by atoms with Crippen LogP contribution in [0.15, 0.2) is 42.5 Å². The van der Waals surface area contributed by atoms with Crippen molar-refractivity contribution in [3.05, 3.63) is 53.8 Å². The number of benzene rings is 2. The first kappa shape index (κ1) is 15.5. The van der Waals surface area contributed by atoms with E-state index in [1.54, 1.807) is 12.1 Å². The lowest BCUT2D eigenvalue weighted by Gasteiger charge is -2.07. The van der Waals surface area contributed by atoms with Gasteiger partial charge in [0.2, 0.25) is 5.91 Å². The van der Waals surface area contributed by atoms with Gasteiger partial charge in [-0.05, 0) is 42.5 Å². The minimum atomic E-state index is -0.686. The normalized spacial score (nSPS) is 9.95. The molecular weight excluding hydrogens is 289 g/mol. The lowest BCUT2D eigenvalue weighted by atomic mass is 10.2. The molecule has 1 N–H and O–H groups in total. The number of anilines is 1. The first-order valence-electron chi connectivity index (χ1n) is 6.43.